The third-order valence-electron chi connectivity index (χ3n) is 1.11. The van der Waals surface area contributed by atoms with E-state index in [2.05, 4.69) is 32.9 Å². The highest BCUT2D eigenvalue weighted by molar-refractivity contribution is 4.91. The van der Waals surface area contributed by atoms with Crippen LogP contribution in [0.3, 0.4) is 0 Å². The molecular weight excluding hydrogens is 124 g/mol. The van der Waals surface area contributed by atoms with Gasteiger partial charge in [-0.25, -0.2) is 0 Å². The molecule has 0 aromatic heterocycles. The third kappa shape index (κ3) is 7.70. The fourth-order valence-electron chi connectivity index (χ4n) is 0.623. The van der Waals surface area contributed by atoms with Gasteiger partial charge in [-0.3, -0.25) is 0 Å². The first kappa shape index (κ1) is 9.70. The van der Waals surface area contributed by atoms with Gasteiger partial charge in [-0.05, 0) is 11.8 Å². The molecular formula is C9H18O. The van der Waals surface area contributed by atoms with Crippen molar-refractivity contribution in [2.75, 3.05) is 13.7 Å². The molecule has 0 saturated heterocycles. The normalized spacial score (nSPS) is 12.8. The summed E-state index contributed by atoms with van der Waals surface area (Å²) in [4.78, 5) is 0. The molecule has 1 heteroatoms. The van der Waals surface area contributed by atoms with Gasteiger partial charge in [0, 0.05) is 13.7 Å². The lowest BCUT2D eigenvalue weighted by molar-refractivity contribution is 0.204. The van der Waals surface area contributed by atoms with Gasteiger partial charge in [0.15, 0.2) is 0 Å². The average Bonchev–Trinajstić information content (AvgIpc) is 1.78. The molecule has 60 valence electrons. The molecule has 0 unspecified atom stereocenters. The van der Waals surface area contributed by atoms with Crippen LogP contribution in [-0.2, 0) is 4.74 Å². The molecule has 0 radical (unpaired) electrons. The predicted octanol–water partition coefficient (Wildman–Crippen LogP) is 2.63. The van der Waals surface area contributed by atoms with Gasteiger partial charge < -0.3 is 4.74 Å². The Kier molecular flexibility index (Phi) is 4.37. The van der Waals surface area contributed by atoms with E-state index in [1.165, 1.54) is 0 Å². The minimum Gasteiger partial charge on any atom is -0.384 e. The molecule has 0 heterocycles. The first-order valence-corrected chi connectivity index (χ1v) is 3.73. The van der Waals surface area contributed by atoms with E-state index in [9.17, 15) is 0 Å². The number of hydrogen-bond acceptors (Lipinski definition) is 1. The molecule has 0 bridgehead atoms. The topological polar surface area (TPSA) is 9.23 Å². The van der Waals surface area contributed by atoms with Gasteiger partial charge in [0.25, 0.3) is 0 Å². The van der Waals surface area contributed by atoms with Crippen molar-refractivity contribution in [1.29, 1.82) is 0 Å². The van der Waals surface area contributed by atoms with E-state index in [-0.39, 0.29) is 0 Å². The van der Waals surface area contributed by atoms with Crippen LogP contribution in [0, 0.1) is 5.41 Å². The lowest BCUT2D eigenvalue weighted by atomic mass is 9.96. The fourth-order valence-corrected chi connectivity index (χ4v) is 0.623. The molecule has 0 amide bonds. The summed E-state index contributed by atoms with van der Waals surface area (Å²) in [7, 11) is 1.73. The molecule has 10 heavy (non-hydrogen) atoms. The van der Waals surface area contributed by atoms with Crippen molar-refractivity contribution >= 4 is 0 Å². The van der Waals surface area contributed by atoms with Gasteiger partial charge >= 0.3 is 0 Å². The Bertz CT molecular complexity index is 97.8. The molecule has 0 atom stereocenters. The summed E-state index contributed by atoms with van der Waals surface area (Å²) in [6.45, 7) is 7.40. The van der Waals surface area contributed by atoms with Crippen molar-refractivity contribution in [2.24, 2.45) is 5.41 Å². The van der Waals surface area contributed by atoms with Crippen LogP contribution >= 0.6 is 0 Å². The molecule has 0 N–H and O–H groups in total. The molecule has 0 fully saturated rings. The van der Waals surface area contributed by atoms with Crippen LogP contribution in [0.4, 0.5) is 0 Å². The summed E-state index contributed by atoms with van der Waals surface area (Å²) in [5, 5.41) is 0. The molecule has 0 spiro atoms. The van der Waals surface area contributed by atoms with Crippen molar-refractivity contribution in [2.45, 2.75) is 27.2 Å². The first-order chi connectivity index (χ1) is 4.56. The zero-order valence-corrected chi connectivity index (χ0v) is 7.48. The van der Waals surface area contributed by atoms with Gasteiger partial charge in [0.1, 0.15) is 0 Å². The summed E-state index contributed by atoms with van der Waals surface area (Å²) in [5.41, 5.74) is 0.313. The van der Waals surface area contributed by atoms with E-state index in [1.807, 2.05) is 0 Å². The Morgan fingerprint density at radius 3 is 2.30 bits per heavy atom. The molecule has 0 aliphatic rings. The van der Waals surface area contributed by atoms with E-state index >= 15 is 0 Å². The second-order valence-electron chi connectivity index (χ2n) is 3.55. The van der Waals surface area contributed by atoms with Gasteiger partial charge in [-0.1, -0.05) is 32.9 Å². The number of methoxy groups -OCH3 is 1. The van der Waals surface area contributed by atoms with E-state index in [1.54, 1.807) is 7.11 Å². The van der Waals surface area contributed by atoms with Crippen molar-refractivity contribution in [3.05, 3.63) is 12.2 Å². The summed E-state index contributed by atoms with van der Waals surface area (Å²) in [6.07, 6.45) is 5.41. The van der Waals surface area contributed by atoms with Crippen molar-refractivity contribution in [3.63, 3.8) is 0 Å². The molecule has 0 aliphatic carbocycles. The highest BCUT2D eigenvalue weighted by atomic mass is 16.5. The number of rotatable bonds is 3. The van der Waals surface area contributed by atoms with Crippen LogP contribution in [-0.4, -0.2) is 13.7 Å². The number of allylic oxidation sites excluding steroid dienone is 1. The molecule has 1 nitrogen and oxygen atoms in total. The molecule has 0 rings (SSSR count). The van der Waals surface area contributed by atoms with Crippen LogP contribution in [0.2, 0.25) is 0 Å². The zero-order valence-electron chi connectivity index (χ0n) is 7.48. The minimum absolute atomic E-state index is 0.313. The highest BCUT2D eigenvalue weighted by Gasteiger charge is 2.01. The first-order valence-electron chi connectivity index (χ1n) is 3.73. The lowest BCUT2D eigenvalue weighted by Gasteiger charge is -2.10. The smallest absolute Gasteiger partial charge is 0.0496 e. The van der Waals surface area contributed by atoms with Crippen LogP contribution in [0.25, 0.3) is 0 Å². The second-order valence-corrected chi connectivity index (χ2v) is 3.55. The van der Waals surface area contributed by atoms with E-state index in [4.69, 9.17) is 4.74 Å². The lowest BCUT2D eigenvalue weighted by Crippen LogP contribution is -1.98. The summed E-state index contributed by atoms with van der Waals surface area (Å²) < 4.78 is 4.91. The van der Waals surface area contributed by atoms with Crippen LogP contribution in [0.1, 0.15) is 27.2 Å². The van der Waals surface area contributed by atoms with E-state index < -0.39 is 0 Å². The second kappa shape index (κ2) is 4.51. The van der Waals surface area contributed by atoms with Crippen molar-refractivity contribution in [1.82, 2.24) is 0 Å². The largest absolute Gasteiger partial charge is 0.384 e. The Labute approximate surface area is 64.1 Å². The van der Waals surface area contributed by atoms with Gasteiger partial charge in [0.2, 0.25) is 0 Å². The van der Waals surface area contributed by atoms with Crippen LogP contribution in [0.15, 0.2) is 12.2 Å². The number of ether oxygens (including phenoxy) is 1. The molecule has 0 aromatic carbocycles. The standard InChI is InChI=1S/C9H18O/c1-9(2,3)7-5-6-8-10-4/h5,7H,6,8H2,1-4H3/b7-5+. The highest BCUT2D eigenvalue weighted by Crippen LogP contribution is 2.14. The van der Waals surface area contributed by atoms with Crippen molar-refractivity contribution < 1.29 is 4.74 Å². The fraction of sp³-hybridized carbons (Fsp3) is 0.778. The maximum absolute atomic E-state index is 4.91. The average molecular weight is 142 g/mol. The maximum Gasteiger partial charge on any atom is 0.0496 e. The third-order valence-corrected chi connectivity index (χ3v) is 1.11. The summed E-state index contributed by atoms with van der Waals surface area (Å²) >= 11 is 0. The Morgan fingerprint density at radius 1 is 1.30 bits per heavy atom. The summed E-state index contributed by atoms with van der Waals surface area (Å²) in [6, 6.07) is 0. The van der Waals surface area contributed by atoms with E-state index in [0.717, 1.165) is 13.0 Å². The van der Waals surface area contributed by atoms with E-state index in [0.29, 0.717) is 5.41 Å². The quantitative estimate of drug-likeness (QED) is 0.435. The molecule has 0 aromatic rings. The molecule has 0 saturated carbocycles. The SMILES string of the molecule is COCC/C=C/C(C)(C)C. The van der Waals surface area contributed by atoms with Gasteiger partial charge in [-0.2, -0.15) is 0 Å². The summed E-state index contributed by atoms with van der Waals surface area (Å²) in [5.74, 6) is 0. The number of hydrogen-bond donors (Lipinski definition) is 0. The van der Waals surface area contributed by atoms with Crippen LogP contribution in [0.5, 0.6) is 0 Å². The minimum atomic E-state index is 0.313. The van der Waals surface area contributed by atoms with Gasteiger partial charge in [0.05, 0.1) is 0 Å². The zero-order chi connectivity index (χ0) is 8.04. The predicted molar refractivity (Wildman–Crippen MR) is 45.1 cm³/mol. The molecule has 0 aliphatic heterocycles. The van der Waals surface area contributed by atoms with Crippen molar-refractivity contribution in [3.8, 4) is 0 Å². The Balaban J connectivity index is 3.37. The Morgan fingerprint density at radius 2 is 1.90 bits per heavy atom. The Hall–Kier alpha value is -0.300. The van der Waals surface area contributed by atoms with Gasteiger partial charge in [-0.15, -0.1) is 0 Å². The maximum atomic E-state index is 4.91. The monoisotopic (exact) mass is 142 g/mol. The van der Waals surface area contributed by atoms with Crippen LogP contribution < -0.4 is 0 Å².